The van der Waals surface area contributed by atoms with Crippen molar-refractivity contribution in [3.8, 4) is 0 Å². The highest BCUT2D eigenvalue weighted by Crippen LogP contribution is 2.29. The molecule has 1 aliphatic rings. The van der Waals surface area contributed by atoms with Crippen LogP contribution in [-0.4, -0.2) is 45.7 Å². The zero-order valence-corrected chi connectivity index (χ0v) is 10.8. The smallest absolute Gasteiger partial charge is 0.381 e. The molecule has 6 heteroatoms. The molecule has 1 fully saturated rings. The van der Waals surface area contributed by atoms with Crippen LogP contribution in [0.15, 0.2) is 0 Å². The summed E-state index contributed by atoms with van der Waals surface area (Å²) in [5.41, 5.74) is -0.307. The van der Waals surface area contributed by atoms with Gasteiger partial charge in [-0.3, -0.25) is 0 Å². The molecule has 3 nitrogen and oxygen atoms in total. The number of hydrogen-bond acceptors (Lipinski definition) is 3. The highest BCUT2D eigenvalue weighted by molar-refractivity contribution is 4.84. The van der Waals surface area contributed by atoms with Crippen molar-refractivity contribution in [2.45, 2.75) is 32.4 Å². The Hall–Kier alpha value is -0.330. The Morgan fingerprint density at radius 2 is 2.17 bits per heavy atom. The molecular formula is C12H22F3NO2. The summed E-state index contributed by atoms with van der Waals surface area (Å²) in [5.74, 6) is 0. The Morgan fingerprint density at radius 1 is 1.39 bits per heavy atom. The summed E-state index contributed by atoms with van der Waals surface area (Å²) in [5, 5.41) is 3.25. The molecule has 0 amide bonds. The van der Waals surface area contributed by atoms with E-state index in [-0.39, 0.29) is 12.0 Å². The van der Waals surface area contributed by atoms with Gasteiger partial charge < -0.3 is 14.8 Å². The van der Waals surface area contributed by atoms with Crippen LogP contribution < -0.4 is 5.32 Å². The van der Waals surface area contributed by atoms with E-state index in [1.165, 1.54) is 0 Å². The molecule has 1 unspecified atom stereocenters. The molecule has 0 aromatic heterocycles. The average molecular weight is 269 g/mol. The topological polar surface area (TPSA) is 30.5 Å². The summed E-state index contributed by atoms with van der Waals surface area (Å²) in [7, 11) is 0. The number of rotatable bonds is 7. The number of alkyl halides is 3. The predicted molar refractivity (Wildman–Crippen MR) is 62.5 cm³/mol. The maximum atomic E-state index is 12.1. The molecular weight excluding hydrogens is 247 g/mol. The van der Waals surface area contributed by atoms with Gasteiger partial charge in [-0.25, -0.2) is 0 Å². The average Bonchev–Trinajstić information content (AvgIpc) is 2.29. The van der Waals surface area contributed by atoms with Gasteiger partial charge >= 0.3 is 6.18 Å². The Morgan fingerprint density at radius 3 is 2.72 bits per heavy atom. The normalized spacial score (nSPS) is 25.3. The fourth-order valence-corrected chi connectivity index (χ4v) is 2.13. The molecule has 0 saturated carbocycles. The highest BCUT2D eigenvalue weighted by Gasteiger charge is 2.35. The number of halogens is 3. The van der Waals surface area contributed by atoms with Crippen LogP contribution in [0.5, 0.6) is 0 Å². The minimum absolute atomic E-state index is 0.100. The van der Waals surface area contributed by atoms with Crippen LogP contribution in [-0.2, 0) is 9.47 Å². The summed E-state index contributed by atoms with van der Waals surface area (Å²) in [4.78, 5) is 0. The largest absolute Gasteiger partial charge is 0.411 e. The quantitative estimate of drug-likeness (QED) is 0.720. The summed E-state index contributed by atoms with van der Waals surface area (Å²) >= 11 is 0. The fraction of sp³-hybridized carbons (Fsp3) is 1.00. The van der Waals surface area contributed by atoms with E-state index < -0.39 is 12.8 Å². The van der Waals surface area contributed by atoms with Crippen molar-refractivity contribution in [2.75, 3.05) is 39.5 Å². The van der Waals surface area contributed by atoms with Gasteiger partial charge in [-0.1, -0.05) is 6.92 Å². The van der Waals surface area contributed by atoms with Crippen molar-refractivity contribution in [3.63, 3.8) is 0 Å². The van der Waals surface area contributed by atoms with Gasteiger partial charge in [-0.05, 0) is 25.8 Å². The highest BCUT2D eigenvalue weighted by atomic mass is 19.4. The third-order valence-corrected chi connectivity index (χ3v) is 3.00. The minimum Gasteiger partial charge on any atom is -0.381 e. The monoisotopic (exact) mass is 269 g/mol. The van der Waals surface area contributed by atoms with Crippen LogP contribution >= 0.6 is 0 Å². The molecule has 0 aromatic rings. The van der Waals surface area contributed by atoms with E-state index in [2.05, 4.69) is 12.2 Å². The number of hydrogen-bond donors (Lipinski definition) is 1. The van der Waals surface area contributed by atoms with E-state index in [9.17, 15) is 13.2 Å². The van der Waals surface area contributed by atoms with Gasteiger partial charge in [0, 0.05) is 18.6 Å². The van der Waals surface area contributed by atoms with Crippen molar-refractivity contribution in [2.24, 2.45) is 5.41 Å². The summed E-state index contributed by atoms with van der Waals surface area (Å²) in [6.07, 6.45) is -1.53. The fourth-order valence-electron chi connectivity index (χ4n) is 2.13. The summed E-state index contributed by atoms with van der Waals surface area (Å²) < 4.78 is 46.4. The van der Waals surface area contributed by atoms with E-state index in [1.807, 2.05) is 0 Å². The van der Waals surface area contributed by atoms with E-state index in [4.69, 9.17) is 9.47 Å². The molecule has 1 rings (SSSR count). The maximum absolute atomic E-state index is 12.1. The number of nitrogens with one attached hydrogen (secondary N) is 1. The summed E-state index contributed by atoms with van der Waals surface area (Å²) in [6, 6.07) is 0. The van der Waals surface area contributed by atoms with Crippen LogP contribution in [0.1, 0.15) is 26.2 Å². The molecule has 0 spiro atoms. The van der Waals surface area contributed by atoms with Gasteiger partial charge in [-0.2, -0.15) is 13.2 Å². The van der Waals surface area contributed by atoms with Gasteiger partial charge in [-0.15, -0.1) is 0 Å². The SMILES string of the molecule is CCCNCC1(COCC(F)(F)F)CCCOC1. The first kappa shape index (κ1) is 15.7. The molecule has 1 N–H and O–H groups in total. The lowest BCUT2D eigenvalue weighted by Crippen LogP contribution is -2.45. The van der Waals surface area contributed by atoms with E-state index in [1.54, 1.807) is 0 Å². The molecule has 18 heavy (non-hydrogen) atoms. The molecule has 108 valence electrons. The van der Waals surface area contributed by atoms with E-state index in [0.717, 1.165) is 25.8 Å². The second-order valence-corrected chi connectivity index (χ2v) is 4.94. The first-order valence-corrected chi connectivity index (χ1v) is 6.40. The van der Waals surface area contributed by atoms with Crippen molar-refractivity contribution in [1.29, 1.82) is 0 Å². The van der Waals surface area contributed by atoms with Crippen LogP contribution in [0.25, 0.3) is 0 Å². The zero-order chi connectivity index (χ0) is 13.5. The lowest BCUT2D eigenvalue weighted by atomic mass is 9.83. The third kappa shape index (κ3) is 6.02. The van der Waals surface area contributed by atoms with Gasteiger partial charge in [0.1, 0.15) is 6.61 Å². The minimum atomic E-state index is -4.26. The van der Waals surface area contributed by atoms with Crippen molar-refractivity contribution < 1.29 is 22.6 Å². The summed E-state index contributed by atoms with van der Waals surface area (Å²) in [6.45, 7) is 3.65. The standard InChI is InChI=1S/C12H22F3NO2/c1-2-5-16-7-11(4-3-6-17-8-11)9-18-10-12(13,14)15/h16H,2-10H2,1H3. The second kappa shape index (κ2) is 7.31. The Labute approximate surface area is 106 Å². The molecule has 1 heterocycles. The predicted octanol–water partition coefficient (Wildman–Crippen LogP) is 2.36. The lowest BCUT2D eigenvalue weighted by Gasteiger charge is -2.37. The third-order valence-electron chi connectivity index (χ3n) is 3.00. The second-order valence-electron chi connectivity index (χ2n) is 4.94. The number of ether oxygens (including phenoxy) is 2. The Bertz CT molecular complexity index is 228. The molecule has 0 aliphatic carbocycles. The molecule has 0 radical (unpaired) electrons. The molecule has 1 aliphatic heterocycles. The first-order chi connectivity index (χ1) is 8.47. The molecule has 0 bridgehead atoms. The van der Waals surface area contributed by atoms with Gasteiger partial charge in [0.2, 0.25) is 0 Å². The van der Waals surface area contributed by atoms with Crippen LogP contribution in [0.3, 0.4) is 0 Å². The van der Waals surface area contributed by atoms with E-state index >= 15 is 0 Å². The molecule has 1 atom stereocenters. The molecule has 0 aromatic carbocycles. The van der Waals surface area contributed by atoms with Crippen LogP contribution in [0.4, 0.5) is 13.2 Å². The Kier molecular flexibility index (Phi) is 6.38. The van der Waals surface area contributed by atoms with Crippen molar-refractivity contribution >= 4 is 0 Å². The van der Waals surface area contributed by atoms with E-state index in [0.29, 0.717) is 19.8 Å². The molecule has 1 saturated heterocycles. The Balaban J connectivity index is 2.39. The lowest BCUT2D eigenvalue weighted by molar-refractivity contribution is -0.185. The van der Waals surface area contributed by atoms with Crippen LogP contribution in [0.2, 0.25) is 0 Å². The van der Waals surface area contributed by atoms with Crippen LogP contribution in [0, 0.1) is 5.41 Å². The van der Waals surface area contributed by atoms with Gasteiger partial charge in [0.15, 0.2) is 0 Å². The first-order valence-electron chi connectivity index (χ1n) is 6.40. The maximum Gasteiger partial charge on any atom is 0.411 e. The van der Waals surface area contributed by atoms with Gasteiger partial charge in [0.05, 0.1) is 13.2 Å². The van der Waals surface area contributed by atoms with Gasteiger partial charge in [0.25, 0.3) is 0 Å². The zero-order valence-electron chi connectivity index (χ0n) is 10.8. The van der Waals surface area contributed by atoms with Crippen molar-refractivity contribution in [1.82, 2.24) is 5.32 Å². The van der Waals surface area contributed by atoms with Crippen molar-refractivity contribution in [3.05, 3.63) is 0 Å².